The van der Waals surface area contributed by atoms with Gasteiger partial charge in [-0.25, -0.2) is 4.39 Å². The van der Waals surface area contributed by atoms with E-state index in [9.17, 15) is 4.39 Å². The molecule has 0 bridgehead atoms. The molecule has 0 aliphatic heterocycles. The smallest absolute Gasteiger partial charge is 0.138 e. The maximum absolute atomic E-state index is 14.2. The van der Waals surface area contributed by atoms with Crippen molar-refractivity contribution >= 4 is 5.84 Å². The number of benzene rings is 1. The number of hydrogen-bond donors (Lipinski definition) is 2. The summed E-state index contributed by atoms with van der Waals surface area (Å²) < 4.78 is 14.2. The minimum Gasteiger partial charge on any atom is -0.384 e. The molecule has 104 valence electrons. The Morgan fingerprint density at radius 1 is 1.30 bits per heavy atom. The van der Waals surface area contributed by atoms with Gasteiger partial charge in [0.2, 0.25) is 0 Å². The van der Waals surface area contributed by atoms with Crippen LogP contribution in [-0.4, -0.2) is 22.8 Å². The molecule has 5 heteroatoms. The molecule has 1 aromatic carbocycles. The molecule has 4 nitrogen and oxygen atoms in total. The van der Waals surface area contributed by atoms with Crippen LogP contribution in [0.25, 0.3) is 0 Å². The Labute approximate surface area is 117 Å². The van der Waals surface area contributed by atoms with E-state index in [2.05, 4.69) is 4.98 Å². The Hall–Kier alpha value is -2.27. The summed E-state index contributed by atoms with van der Waals surface area (Å²) in [5, 5.41) is 7.35. The molecule has 0 saturated heterocycles. The van der Waals surface area contributed by atoms with Crippen LogP contribution in [0.3, 0.4) is 0 Å². The second kappa shape index (κ2) is 6.25. The summed E-state index contributed by atoms with van der Waals surface area (Å²) in [7, 11) is 1.91. The van der Waals surface area contributed by atoms with Gasteiger partial charge in [-0.1, -0.05) is 18.2 Å². The Bertz CT molecular complexity index is 598. The van der Waals surface area contributed by atoms with E-state index in [1.165, 1.54) is 6.07 Å². The Balaban J connectivity index is 2.10. The fourth-order valence-electron chi connectivity index (χ4n) is 2.06. The van der Waals surface area contributed by atoms with Crippen LogP contribution in [-0.2, 0) is 13.1 Å². The average molecular weight is 272 g/mol. The lowest BCUT2D eigenvalue weighted by molar-refractivity contribution is 0.313. The molecule has 0 unspecified atom stereocenters. The van der Waals surface area contributed by atoms with E-state index in [4.69, 9.17) is 11.1 Å². The standard InChI is InChI=1S/C15H17FN4/c1-20(9-11-4-3-7-19-8-11)10-12-5-2-6-13(14(12)16)15(17)18/h2-8H,9-10H2,1H3,(H3,17,18). The third kappa shape index (κ3) is 3.39. The van der Waals surface area contributed by atoms with Crippen molar-refractivity contribution in [3.63, 3.8) is 0 Å². The van der Waals surface area contributed by atoms with Crippen LogP contribution in [0.15, 0.2) is 42.7 Å². The molecule has 0 radical (unpaired) electrons. The third-order valence-corrected chi connectivity index (χ3v) is 2.98. The first-order valence-electron chi connectivity index (χ1n) is 6.27. The van der Waals surface area contributed by atoms with Crippen LogP contribution in [0.4, 0.5) is 4.39 Å². The zero-order chi connectivity index (χ0) is 14.5. The number of aromatic nitrogens is 1. The number of hydrogen-bond acceptors (Lipinski definition) is 3. The van der Waals surface area contributed by atoms with Gasteiger partial charge in [-0.2, -0.15) is 0 Å². The number of nitrogen functional groups attached to an aromatic ring is 1. The van der Waals surface area contributed by atoms with Gasteiger partial charge < -0.3 is 5.73 Å². The number of rotatable bonds is 5. The van der Waals surface area contributed by atoms with Gasteiger partial charge in [0.15, 0.2) is 0 Å². The lowest BCUT2D eigenvalue weighted by Crippen LogP contribution is -2.20. The van der Waals surface area contributed by atoms with Crippen molar-refractivity contribution in [2.75, 3.05) is 7.05 Å². The molecule has 2 rings (SSSR count). The fraction of sp³-hybridized carbons (Fsp3) is 0.200. The number of halogens is 1. The molecule has 0 spiro atoms. The van der Waals surface area contributed by atoms with Crippen molar-refractivity contribution in [3.05, 3.63) is 65.2 Å². The third-order valence-electron chi connectivity index (χ3n) is 2.98. The first kappa shape index (κ1) is 14.1. The van der Waals surface area contributed by atoms with E-state index in [-0.39, 0.29) is 11.4 Å². The maximum atomic E-state index is 14.2. The number of nitrogens with two attached hydrogens (primary N) is 1. The molecule has 20 heavy (non-hydrogen) atoms. The molecule has 3 N–H and O–H groups in total. The largest absolute Gasteiger partial charge is 0.384 e. The van der Waals surface area contributed by atoms with E-state index < -0.39 is 5.82 Å². The monoisotopic (exact) mass is 272 g/mol. The minimum atomic E-state index is -0.418. The first-order valence-corrected chi connectivity index (χ1v) is 6.27. The van der Waals surface area contributed by atoms with Gasteiger partial charge in [0.25, 0.3) is 0 Å². The van der Waals surface area contributed by atoms with Crippen molar-refractivity contribution in [3.8, 4) is 0 Å². The van der Waals surface area contributed by atoms with Crippen LogP contribution >= 0.6 is 0 Å². The van der Waals surface area contributed by atoms with Crippen molar-refractivity contribution < 1.29 is 4.39 Å². The van der Waals surface area contributed by atoms with Gasteiger partial charge in [-0.3, -0.25) is 15.3 Å². The second-order valence-electron chi connectivity index (χ2n) is 4.73. The Morgan fingerprint density at radius 2 is 2.10 bits per heavy atom. The number of pyridine rings is 1. The highest BCUT2D eigenvalue weighted by Crippen LogP contribution is 2.15. The van der Waals surface area contributed by atoms with Gasteiger partial charge in [0.05, 0.1) is 5.56 Å². The topological polar surface area (TPSA) is 66.0 Å². The second-order valence-corrected chi connectivity index (χ2v) is 4.73. The molecule has 0 aliphatic rings. The van der Waals surface area contributed by atoms with E-state index in [0.717, 1.165) is 5.56 Å². The molecule has 0 fully saturated rings. The highest BCUT2D eigenvalue weighted by atomic mass is 19.1. The number of nitrogens with one attached hydrogen (secondary N) is 1. The summed E-state index contributed by atoms with van der Waals surface area (Å²) in [5.41, 5.74) is 7.11. The minimum absolute atomic E-state index is 0.150. The fourth-order valence-corrected chi connectivity index (χ4v) is 2.06. The van der Waals surface area contributed by atoms with E-state index in [1.54, 1.807) is 24.5 Å². The molecule has 0 aliphatic carbocycles. The number of nitrogens with zero attached hydrogens (tertiary/aromatic N) is 2. The lowest BCUT2D eigenvalue weighted by atomic mass is 10.1. The van der Waals surface area contributed by atoms with Crippen LogP contribution in [0, 0.1) is 11.2 Å². The van der Waals surface area contributed by atoms with E-state index in [0.29, 0.717) is 18.7 Å². The van der Waals surface area contributed by atoms with Gasteiger partial charge >= 0.3 is 0 Å². The summed E-state index contributed by atoms with van der Waals surface area (Å²) in [4.78, 5) is 6.04. The molecule has 1 aromatic heterocycles. The van der Waals surface area contributed by atoms with Crippen LogP contribution in [0.1, 0.15) is 16.7 Å². The molecule has 0 saturated carbocycles. The molecular formula is C15H17FN4. The van der Waals surface area contributed by atoms with Crippen molar-refractivity contribution in [1.29, 1.82) is 5.41 Å². The van der Waals surface area contributed by atoms with E-state index in [1.807, 2.05) is 24.1 Å². The molecule has 0 atom stereocenters. The van der Waals surface area contributed by atoms with E-state index >= 15 is 0 Å². The van der Waals surface area contributed by atoms with Gasteiger partial charge in [0, 0.05) is 31.0 Å². The maximum Gasteiger partial charge on any atom is 0.138 e. The summed E-state index contributed by atoms with van der Waals surface area (Å²) in [6.07, 6.45) is 3.51. The van der Waals surface area contributed by atoms with Gasteiger partial charge in [-0.15, -0.1) is 0 Å². The van der Waals surface area contributed by atoms with Crippen LogP contribution in [0.2, 0.25) is 0 Å². The molecular weight excluding hydrogens is 255 g/mol. The lowest BCUT2D eigenvalue weighted by Gasteiger charge is -2.17. The Kier molecular flexibility index (Phi) is 4.42. The summed E-state index contributed by atoms with van der Waals surface area (Å²) in [6.45, 7) is 1.12. The first-order chi connectivity index (χ1) is 9.58. The van der Waals surface area contributed by atoms with Crippen molar-refractivity contribution in [1.82, 2.24) is 9.88 Å². The van der Waals surface area contributed by atoms with Crippen molar-refractivity contribution in [2.45, 2.75) is 13.1 Å². The SMILES string of the molecule is CN(Cc1cccnc1)Cc1cccc(C(=N)N)c1F. The normalized spacial score (nSPS) is 10.8. The number of amidine groups is 1. The predicted molar refractivity (Wildman–Crippen MR) is 76.8 cm³/mol. The quantitative estimate of drug-likeness (QED) is 0.647. The van der Waals surface area contributed by atoms with Gasteiger partial charge in [0.1, 0.15) is 11.7 Å². The summed E-state index contributed by atoms with van der Waals surface area (Å²) >= 11 is 0. The predicted octanol–water partition coefficient (Wildman–Crippen LogP) is 2.14. The molecule has 2 aromatic rings. The highest BCUT2D eigenvalue weighted by molar-refractivity contribution is 5.95. The summed E-state index contributed by atoms with van der Waals surface area (Å²) in [6, 6.07) is 8.79. The Morgan fingerprint density at radius 3 is 2.75 bits per heavy atom. The zero-order valence-corrected chi connectivity index (χ0v) is 11.3. The van der Waals surface area contributed by atoms with Crippen molar-refractivity contribution in [2.24, 2.45) is 5.73 Å². The van der Waals surface area contributed by atoms with Gasteiger partial charge in [-0.05, 0) is 24.7 Å². The molecule has 1 heterocycles. The van der Waals surface area contributed by atoms with Crippen LogP contribution in [0.5, 0.6) is 0 Å². The average Bonchev–Trinajstić information content (AvgIpc) is 2.42. The summed E-state index contributed by atoms with van der Waals surface area (Å²) in [5.74, 6) is -0.669. The highest BCUT2D eigenvalue weighted by Gasteiger charge is 2.11. The van der Waals surface area contributed by atoms with Crippen LogP contribution < -0.4 is 5.73 Å². The zero-order valence-electron chi connectivity index (χ0n) is 11.3. The molecule has 0 amide bonds.